The molecule has 148 valence electrons. The van der Waals surface area contributed by atoms with Crippen molar-refractivity contribution >= 4 is 15.9 Å². The largest absolute Gasteiger partial charge is 0.417 e. The molecule has 1 fully saturated rings. The maximum Gasteiger partial charge on any atom is 0.417 e. The van der Waals surface area contributed by atoms with Crippen molar-refractivity contribution in [2.24, 2.45) is 0 Å². The van der Waals surface area contributed by atoms with Crippen LogP contribution in [0.1, 0.15) is 33.4 Å². The fourth-order valence-corrected chi connectivity index (χ4v) is 4.80. The van der Waals surface area contributed by atoms with E-state index in [1.165, 1.54) is 0 Å². The number of halogens is 3. The Morgan fingerprint density at radius 1 is 1.14 bits per heavy atom. The van der Waals surface area contributed by atoms with Gasteiger partial charge in [0.25, 0.3) is 15.9 Å². The van der Waals surface area contributed by atoms with E-state index in [2.05, 4.69) is 9.97 Å². The predicted molar refractivity (Wildman–Crippen MR) is 90.7 cm³/mol. The third-order valence-corrected chi connectivity index (χ3v) is 6.66. The number of hydrogen-bond acceptors (Lipinski definition) is 5. The maximum atomic E-state index is 12.9. The van der Waals surface area contributed by atoms with Gasteiger partial charge in [-0.25, -0.2) is 13.4 Å². The zero-order chi connectivity index (χ0) is 20.3. The fraction of sp³-hybridized carbons (Fsp3) is 0.353. The number of amides is 1. The van der Waals surface area contributed by atoms with E-state index < -0.39 is 32.8 Å². The number of carbonyl (C=O) groups excluding carboxylic acids is 1. The lowest BCUT2D eigenvalue weighted by atomic mass is 10.1. The van der Waals surface area contributed by atoms with Crippen molar-refractivity contribution in [1.29, 1.82) is 0 Å². The van der Waals surface area contributed by atoms with E-state index in [1.807, 2.05) is 0 Å². The third kappa shape index (κ3) is 2.94. The van der Waals surface area contributed by atoms with Crippen LogP contribution in [0.4, 0.5) is 13.2 Å². The molecular formula is C17H15F3N4O3S. The van der Waals surface area contributed by atoms with Crippen LogP contribution in [0.5, 0.6) is 0 Å². The molecule has 4 heterocycles. The van der Waals surface area contributed by atoms with E-state index in [4.69, 9.17) is 0 Å². The molecule has 0 spiro atoms. The highest BCUT2D eigenvalue weighted by Gasteiger charge is 2.44. The number of carbonyl (C=O) groups is 1. The van der Waals surface area contributed by atoms with Crippen LogP contribution in [0.15, 0.2) is 35.5 Å². The van der Waals surface area contributed by atoms with E-state index in [1.54, 1.807) is 24.0 Å². The van der Waals surface area contributed by atoms with E-state index in [0.717, 1.165) is 10.4 Å². The van der Waals surface area contributed by atoms with Gasteiger partial charge in [-0.15, -0.1) is 0 Å². The quantitative estimate of drug-likeness (QED) is 0.754. The highest BCUT2D eigenvalue weighted by atomic mass is 32.2. The lowest BCUT2D eigenvalue weighted by Gasteiger charge is -2.36. The molecule has 0 saturated carbocycles. The van der Waals surface area contributed by atoms with Crippen molar-refractivity contribution in [3.8, 4) is 0 Å². The minimum Gasteiger partial charge on any atom is -0.327 e. The normalized spacial score (nSPS) is 20.2. The number of alkyl halides is 3. The summed E-state index contributed by atoms with van der Waals surface area (Å²) in [7, 11) is -4.10. The van der Waals surface area contributed by atoms with Crippen LogP contribution in [0, 0.1) is 6.92 Å². The summed E-state index contributed by atoms with van der Waals surface area (Å²) in [6, 6.07) is 4.40. The first-order valence-electron chi connectivity index (χ1n) is 8.41. The van der Waals surface area contributed by atoms with Crippen LogP contribution in [-0.2, 0) is 16.2 Å². The molecule has 1 unspecified atom stereocenters. The second kappa shape index (κ2) is 6.24. The molecule has 28 heavy (non-hydrogen) atoms. The van der Waals surface area contributed by atoms with Crippen LogP contribution in [0.3, 0.4) is 0 Å². The zero-order valence-electron chi connectivity index (χ0n) is 14.6. The Morgan fingerprint density at radius 2 is 1.89 bits per heavy atom. The van der Waals surface area contributed by atoms with Crippen LogP contribution in [-0.4, -0.2) is 53.1 Å². The number of hydrogen-bond donors (Lipinski definition) is 0. The molecule has 11 heteroatoms. The molecule has 1 saturated heterocycles. The number of fused-ring (bicyclic) bond motifs is 3. The highest BCUT2D eigenvalue weighted by Crippen LogP contribution is 2.36. The molecule has 0 radical (unpaired) electrons. The smallest absolute Gasteiger partial charge is 0.327 e. The summed E-state index contributed by atoms with van der Waals surface area (Å²) in [5.74, 6) is -0.197. The summed E-state index contributed by atoms with van der Waals surface area (Å²) in [5.41, 5.74) is 0.650. The minimum absolute atomic E-state index is 0.0276. The van der Waals surface area contributed by atoms with Gasteiger partial charge in [-0.1, -0.05) is 0 Å². The van der Waals surface area contributed by atoms with Gasteiger partial charge in [0.05, 0.1) is 22.9 Å². The summed E-state index contributed by atoms with van der Waals surface area (Å²) in [6.07, 6.45) is -4.10. The van der Waals surface area contributed by atoms with Crippen LogP contribution in [0.2, 0.25) is 0 Å². The Bertz CT molecular complexity index is 1050. The number of aryl methyl sites for hydroxylation is 1. The van der Waals surface area contributed by atoms with Crippen molar-refractivity contribution < 1.29 is 26.4 Å². The van der Waals surface area contributed by atoms with Gasteiger partial charge in [-0.3, -0.25) is 9.78 Å². The number of pyridine rings is 2. The van der Waals surface area contributed by atoms with Gasteiger partial charge < -0.3 is 4.90 Å². The molecule has 2 aromatic rings. The molecule has 7 nitrogen and oxygen atoms in total. The van der Waals surface area contributed by atoms with E-state index in [9.17, 15) is 26.4 Å². The van der Waals surface area contributed by atoms with Crippen LogP contribution in [0.25, 0.3) is 0 Å². The topological polar surface area (TPSA) is 83.5 Å². The van der Waals surface area contributed by atoms with Gasteiger partial charge in [0.15, 0.2) is 5.03 Å². The van der Waals surface area contributed by atoms with E-state index >= 15 is 0 Å². The van der Waals surface area contributed by atoms with Crippen molar-refractivity contribution in [2.75, 3.05) is 19.6 Å². The standard InChI is InChI=1S/C17H15F3N4O3S/c1-10-2-4-12-15(22-10)13-9-23(6-7-24(13)16(12)25)28(26,27)14-5-3-11(8-21-14)17(18,19)20/h2-5,8,13H,6-7,9H2,1H3. The minimum atomic E-state index is -4.60. The number of piperazine rings is 1. The average molecular weight is 412 g/mol. The van der Waals surface area contributed by atoms with E-state index in [0.29, 0.717) is 29.2 Å². The Morgan fingerprint density at radius 3 is 2.54 bits per heavy atom. The summed E-state index contributed by atoms with van der Waals surface area (Å²) < 4.78 is 64.9. The molecule has 0 aromatic carbocycles. The molecule has 2 aliphatic heterocycles. The molecule has 0 bridgehead atoms. The Hall–Kier alpha value is -2.53. The van der Waals surface area contributed by atoms with Gasteiger partial charge in [-0.05, 0) is 31.2 Å². The van der Waals surface area contributed by atoms with Crippen molar-refractivity contribution in [3.05, 3.63) is 53.0 Å². The Kier molecular flexibility index (Phi) is 4.19. The lowest BCUT2D eigenvalue weighted by Crippen LogP contribution is -2.49. The Balaban J connectivity index is 1.63. The molecule has 0 N–H and O–H groups in total. The second-order valence-corrected chi connectivity index (χ2v) is 8.53. The summed E-state index contributed by atoms with van der Waals surface area (Å²) in [6.45, 7) is 1.94. The zero-order valence-corrected chi connectivity index (χ0v) is 15.5. The number of sulfonamides is 1. The third-order valence-electron chi connectivity index (χ3n) is 4.88. The molecular weight excluding hydrogens is 397 g/mol. The monoisotopic (exact) mass is 412 g/mol. The molecule has 1 amide bonds. The van der Waals surface area contributed by atoms with Crippen molar-refractivity contribution in [2.45, 2.75) is 24.2 Å². The highest BCUT2D eigenvalue weighted by molar-refractivity contribution is 7.89. The van der Waals surface area contributed by atoms with Crippen molar-refractivity contribution in [1.82, 2.24) is 19.2 Å². The molecule has 2 aliphatic rings. The van der Waals surface area contributed by atoms with Gasteiger partial charge in [0.1, 0.15) is 0 Å². The van der Waals surface area contributed by atoms with Gasteiger partial charge >= 0.3 is 6.18 Å². The summed E-state index contributed by atoms with van der Waals surface area (Å²) in [4.78, 5) is 22.0. The van der Waals surface area contributed by atoms with Gasteiger partial charge in [0.2, 0.25) is 0 Å². The molecule has 4 rings (SSSR count). The number of nitrogens with zero attached hydrogens (tertiary/aromatic N) is 4. The fourth-order valence-electron chi connectivity index (χ4n) is 3.45. The predicted octanol–water partition coefficient (Wildman–Crippen LogP) is 2.01. The lowest BCUT2D eigenvalue weighted by molar-refractivity contribution is -0.137. The first-order chi connectivity index (χ1) is 13.1. The van der Waals surface area contributed by atoms with Gasteiger partial charge in [0, 0.05) is 31.5 Å². The first-order valence-corrected chi connectivity index (χ1v) is 9.85. The number of rotatable bonds is 2. The maximum absolute atomic E-state index is 12.9. The summed E-state index contributed by atoms with van der Waals surface area (Å²) >= 11 is 0. The first kappa shape index (κ1) is 18.8. The second-order valence-electron chi connectivity index (χ2n) is 6.65. The molecule has 1 atom stereocenters. The Labute approximate surface area is 158 Å². The van der Waals surface area contributed by atoms with Gasteiger partial charge in [-0.2, -0.15) is 17.5 Å². The van der Waals surface area contributed by atoms with E-state index in [-0.39, 0.29) is 25.5 Å². The molecule has 0 aliphatic carbocycles. The number of aromatic nitrogens is 2. The molecule has 2 aromatic heterocycles. The van der Waals surface area contributed by atoms with Crippen molar-refractivity contribution in [3.63, 3.8) is 0 Å². The van der Waals surface area contributed by atoms with Crippen LogP contribution < -0.4 is 0 Å². The van der Waals surface area contributed by atoms with Crippen LogP contribution >= 0.6 is 0 Å². The SMILES string of the molecule is Cc1ccc2c(n1)C1CN(S(=O)(=O)c3ccc(C(F)(F)F)cn3)CCN1C2=O. The summed E-state index contributed by atoms with van der Waals surface area (Å²) in [5, 5.41) is -0.462. The average Bonchev–Trinajstić information content (AvgIpc) is 2.92.